The topological polar surface area (TPSA) is 55.6 Å². The van der Waals surface area contributed by atoms with Gasteiger partial charge in [-0.1, -0.05) is 20.3 Å². The minimum Gasteiger partial charge on any atom is -0.462 e. The largest absolute Gasteiger partial charge is 0.462 e. The first-order valence-electron chi connectivity index (χ1n) is 6.19. The maximum atomic E-state index is 11.8. The van der Waals surface area contributed by atoms with E-state index in [9.17, 15) is 4.79 Å². The molecule has 0 amide bonds. The van der Waals surface area contributed by atoms with Gasteiger partial charge in [0.15, 0.2) is 0 Å². The number of esters is 1. The first-order valence-corrected chi connectivity index (χ1v) is 6.19. The number of hydrogen-bond acceptors (Lipinski definition) is 4. The number of nitrogens with two attached hydrogens (primary N) is 1. The summed E-state index contributed by atoms with van der Waals surface area (Å²) in [6.45, 7) is 4.57. The van der Waals surface area contributed by atoms with Crippen molar-refractivity contribution in [3.63, 3.8) is 0 Å². The molecule has 0 radical (unpaired) electrons. The molecule has 0 aliphatic carbocycles. The Morgan fingerprint density at radius 2 is 2.11 bits per heavy atom. The Balaban J connectivity index is 2.73. The zero-order valence-corrected chi connectivity index (χ0v) is 11.6. The van der Waals surface area contributed by atoms with E-state index in [-0.39, 0.29) is 5.97 Å². The molecule has 0 aliphatic heterocycles. The van der Waals surface area contributed by atoms with E-state index in [1.165, 1.54) is 0 Å². The fourth-order valence-corrected chi connectivity index (χ4v) is 1.51. The van der Waals surface area contributed by atoms with Crippen LogP contribution in [0.5, 0.6) is 0 Å². The van der Waals surface area contributed by atoms with Gasteiger partial charge in [0.05, 0.1) is 23.5 Å². The Bertz CT molecular complexity index is 416. The molecule has 1 atom stereocenters. The number of nitrogens with zero attached hydrogens (tertiary/aromatic N) is 1. The third-order valence-corrected chi connectivity index (χ3v) is 2.94. The monoisotopic (exact) mass is 250 g/mol. The van der Waals surface area contributed by atoms with Crippen molar-refractivity contribution in [2.75, 3.05) is 31.3 Å². The Labute approximate surface area is 109 Å². The SMILES string of the molecule is CCC(C)COC(=O)c1ccc(N(C)C)c(N)c1. The van der Waals surface area contributed by atoms with E-state index in [1.807, 2.05) is 25.1 Å². The lowest BCUT2D eigenvalue weighted by atomic mass is 10.1. The lowest BCUT2D eigenvalue weighted by Crippen LogP contribution is -2.14. The summed E-state index contributed by atoms with van der Waals surface area (Å²) in [5.41, 5.74) is 7.87. The molecule has 1 aromatic rings. The number of nitrogen functional groups attached to an aromatic ring is 1. The third-order valence-electron chi connectivity index (χ3n) is 2.94. The van der Waals surface area contributed by atoms with Crippen molar-refractivity contribution in [1.29, 1.82) is 0 Å². The molecular formula is C14H22N2O2. The van der Waals surface area contributed by atoms with Gasteiger partial charge in [-0.2, -0.15) is 0 Å². The standard InChI is InChI=1S/C14H22N2O2/c1-5-10(2)9-18-14(17)11-6-7-13(16(3)4)12(15)8-11/h6-8,10H,5,9,15H2,1-4H3. The van der Waals surface area contributed by atoms with E-state index in [1.54, 1.807) is 12.1 Å². The molecule has 0 aliphatic rings. The maximum absolute atomic E-state index is 11.8. The van der Waals surface area contributed by atoms with Gasteiger partial charge in [-0.3, -0.25) is 0 Å². The van der Waals surface area contributed by atoms with Crippen LogP contribution in [0, 0.1) is 5.92 Å². The summed E-state index contributed by atoms with van der Waals surface area (Å²) in [4.78, 5) is 13.7. The van der Waals surface area contributed by atoms with Gasteiger partial charge in [0.25, 0.3) is 0 Å². The van der Waals surface area contributed by atoms with Crippen LogP contribution in [0.4, 0.5) is 11.4 Å². The highest BCUT2D eigenvalue weighted by Crippen LogP contribution is 2.22. The van der Waals surface area contributed by atoms with E-state index in [4.69, 9.17) is 10.5 Å². The Morgan fingerprint density at radius 1 is 1.44 bits per heavy atom. The van der Waals surface area contributed by atoms with Gasteiger partial charge in [0.1, 0.15) is 0 Å². The molecule has 1 aromatic carbocycles. The molecular weight excluding hydrogens is 228 g/mol. The van der Waals surface area contributed by atoms with Gasteiger partial charge in [-0.25, -0.2) is 4.79 Å². The van der Waals surface area contributed by atoms with Crippen molar-refractivity contribution in [1.82, 2.24) is 0 Å². The van der Waals surface area contributed by atoms with Crippen LogP contribution in [0.3, 0.4) is 0 Å². The molecule has 0 saturated heterocycles. The van der Waals surface area contributed by atoms with E-state index >= 15 is 0 Å². The van der Waals surface area contributed by atoms with Crippen molar-refractivity contribution in [2.45, 2.75) is 20.3 Å². The second-order valence-corrected chi connectivity index (χ2v) is 4.78. The van der Waals surface area contributed by atoms with Crippen molar-refractivity contribution >= 4 is 17.3 Å². The van der Waals surface area contributed by atoms with Crippen LogP contribution >= 0.6 is 0 Å². The molecule has 0 saturated carbocycles. The molecule has 1 rings (SSSR count). The number of hydrogen-bond donors (Lipinski definition) is 1. The van der Waals surface area contributed by atoms with Crippen LogP contribution < -0.4 is 10.6 Å². The van der Waals surface area contributed by atoms with E-state index in [0.717, 1.165) is 12.1 Å². The van der Waals surface area contributed by atoms with Crippen LogP contribution in [-0.4, -0.2) is 26.7 Å². The summed E-state index contributed by atoms with van der Waals surface area (Å²) in [5, 5.41) is 0. The average molecular weight is 250 g/mol. The Hall–Kier alpha value is -1.71. The predicted molar refractivity (Wildman–Crippen MR) is 74.9 cm³/mol. The van der Waals surface area contributed by atoms with Crippen molar-refractivity contribution in [2.24, 2.45) is 5.92 Å². The summed E-state index contributed by atoms with van der Waals surface area (Å²) < 4.78 is 5.23. The smallest absolute Gasteiger partial charge is 0.338 e. The van der Waals surface area contributed by atoms with Crippen LogP contribution in [0.2, 0.25) is 0 Å². The number of rotatable bonds is 5. The molecule has 0 fully saturated rings. The fraction of sp³-hybridized carbons (Fsp3) is 0.500. The summed E-state index contributed by atoms with van der Waals surface area (Å²) >= 11 is 0. The van der Waals surface area contributed by atoms with Gasteiger partial charge < -0.3 is 15.4 Å². The lowest BCUT2D eigenvalue weighted by molar-refractivity contribution is 0.0447. The summed E-state index contributed by atoms with van der Waals surface area (Å²) in [7, 11) is 3.82. The molecule has 100 valence electrons. The van der Waals surface area contributed by atoms with Crippen LogP contribution in [0.25, 0.3) is 0 Å². The first-order chi connectivity index (χ1) is 8.45. The van der Waals surface area contributed by atoms with Gasteiger partial charge >= 0.3 is 5.97 Å². The third kappa shape index (κ3) is 3.65. The molecule has 4 nitrogen and oxygen atoms in total. The first kappa shape index (κ1) is 14.4. The van der Waals surface area contributed by atoms with Gasteiger partial charge in [0.2, 0.25) is 0 Å². The van der Waals surface area contributed by atoms with Crippen molar-refractivity contribution < 1.29 is 9.53 Å². The normalized spacial score (nSPS) is 12.0. The minimum absolute atomic E-state index is 0.313. The molecule has 0 heterocycles. The van der Waals surface area contributed by atoms with Gasteiger partial charge in [-0.15, -0.1) is 0 Å². The number of anilines is 2. The highest BCUT2D eigenvalue weighted by Gasteiger charge is 2.11. The van der Waals surface area contributed by atoms with Crippen LogP contribution in [0.1, 0.15) is 30.6 Å². The van der Waals surface area contributed by atoms with Crippen LogP contribution in [-0.2, 0) is 4.74 Å². The van der Waals surface area contributed by atoms with Gasteiger partial charge in [0, 0.05) is 14.1 Å². The zero-order valence-electron chi connectivity index (χ0n) is 11.6. The van der Waals surface area contributed by atoms with Gasteiger partial charge in [-0.05, 0) is 24.1 Å². The second-order valence-electron chi connectivity index (χ2n) is 4.78. The highest BCUT2D eigenvalue weighted by atomic mass is 16.5. The molecule has 4 heteroatoms. The number of carbonyl (C=O) groups excluding carboxylic acids is 1. The molecule has 0 spiro atoms. The van der Waals surface area contributed by atoms with E-state index < -0.39 is 0 Å². The molecule has 1 unspecified atom stereocenters. The number of benzene rings is 1. The van der Waals surface area contributed by atoms with Crippen LogP contribution in [0.15, 0.2) is 18.2 Å². The second kappa shape index (κ2) is 6.28. The Morgan fingerprint density at radius 3 is 2.61 bits per heavy atom. The average Bonchev–Trinajstić information content (AvgIpc) is 2.34. The lowest BCUT2D eigenvalue weighted by Gasteiger charge is -2.16. The minimum atomic E-state index is -0.313. The quantitative estimate of drug-likeness (QED) is 0.644. The molecule has 2 N–H and O–H groups in total. The van der Waals surface area contributed by atoms with E-state index in [2.05, 4.69) is 13.8 Å². The molecule has 18 heavy (non-hydrogen) atoms. The predicted octanol–water partition coefficient (Wildman–Crippen LogP) is 2.54. The molecule has 0 bridgehead atoms. The van der Waals surface area contributed by atoms with Crippen molar-refractivity contribution in [3.05, 3.63) is 23.8 Å². The summed E-state index contributed by atoms with van der Waals surface area (Å²) in [5.74, 6) is 0.0691. The fourth-order valence-electron chi connectivity index (χ4n) is 1.51. The zero-order chi connectivity index (χ0) is 13.7. The summed E-state index contributed by atoms with van der Waals surface area (Å²) in [6, 6.07) is 5.23. The molecule has 0 aromatic heterocycles. The number of carbonyl (C=O) groups is 1. The summed E-state index contributed by atoms with van der Waals surface area (Å²) in [6.07, 6.45) is 0.995. The maximum Gasteiger partial charge on any atom is 0.338 e. The highest BCUT2D eigenvalue weighted by molar-refractivity contribution is 5.92. The van der Waals surface area contributed by atoms with Crippen molar-refractivity contribution in [3.8, 4) is 0 Å². The van der Waals surface area contributed by atoms with E-state index in [0.29, 0.717) is 23.8 Å². The number of ether oxygens (including phenoxy) is 1. The Kier molecular flexibility index (Phi) is 5.01.